The van der Waals surface area contributed by atoms with E-state index in [2.05, 4.69) is 10.2 Å². The number of rotatable bonds is 1. The summed E-state index contributed by atoms with van der Waals surface area (Å²) in [6, 6.07) is 0.693. The Balaban J connectivity index is 1.77. The first-order valence-corrected chi connectivity index (χ1v) is 7.66. The molecule has 0 unspecified atom stereocenters. The molecule has 2 aliphatic rings. The van der Waals surface area contributed by atoms with Crippen molar-refractivity contribution in [2.75, 3.05) is 13.1 Å². The normalized spacial score (nSPS) is 21.7. The number of halogens is 3. The van der Waals surface area contributed by atoms with Gasteiger partial charge in [0.05, 0.1) is 17.5 Å². The SMILES string of the molecule is CC1(C)CC2(C=C(N)C1=O)CN(C(=O)c1cc(C(F)(F)F)cnn1)C2. The molecule has 1 aromatic rings. The molecule has 3 rings (SSSR count). The molecule has 1 fully saturated rings. The van der Waals surface area contributed by atoms with E-state index in [4.69, 9.17) is 5.73 Å². The second kappa shape index (κ2) is 5.27. The average Bonchev–Trinajstić information content (AvgIpc) is 2.48. The Kier molecular flexibility index (Phi) is 3.66. The molecule has 25 heavy (non-hydrogen) atoms. The van der Waals surface area contributed by atoms with Gasteiger partial charge in [-0.25, -0.2) is 0 Å². The molecule has 1 aromatic heterocycles. The molecule has 1 aliphatic carbocycles. The summed E-state index contributed by atoms with van der Waals surface area (Å²) in [7, 11) is 0. The highest BCUT2D eigenvalue weighted by molar-refractivity contribution is 6.00. The van der Waals surface area contributed by atoms with E-state index < -0.39 is 28.5 Å². The standard InChI is InChI=1S/C16H17F3N4O2/c1-14(2)6-15(4-10(20)12(14)24)7-23(8-15)13(25)11-3-9(5-21-22-11)16(17,18)19/h3-5H,6-8,20H2,1-2H3. The summed E-state index contributed by atoms with van der Waals surface area (Å²) in [5.74, 6) is -0.752. The average molecular weight is 354 g/mol. The Morgan fingerprint density at radius 3 is 2.52 bits per heavy atom. The van der Waals surface area contributed by atoms with Gasteiger partial charge in [-0.3, -0.25) is 9.59 Å². The molecule has 1 aliphatic heterocycles. The van der Waals surface area contributed by atoms with E-state index in [9.17, 15) is 22.8 Å². The fourth-order valence-electron chi connectivity index (χ4n) is 3.65. The number of allylic oxidation sites excluding steroid dienone is 1. The van der Waals surface area contributed by atoms with E-state index >= 15 is 0 Å². The topological polar surface area (TPSA) is 89.2 Å². The number of carbonyl (C=O) groups excluding carboxylic acids is 2. The lowest BCUT2D eigenvalue weighted by molar-refractivity contribution is -0.138. The van der Waals surface area contributed by atoms with Crippen LogP contribution in [-0.4, -0.2) is 39.9 Å². The smallest absolute Gasteiger partial charge is 0.396 e. The molecule has 1 amide bonds. The lowest BCUT2D eigenvalue weighted by Crippen LogP contribution is -2.61. The first-order valence-electron chi connectivity index (χ1n) is 7.66. The van der Waals surface area contributed by atoms with Gasteiger partial charge in [0.1, 0.15) is 0 Å². The summed E-state index contributed by atoms with van der Waals surface area (Å²) in [6.45, 7) is 4.14. The number of alkyl halides is 3. The van der Waals surface area contributed by atoms with Crippen molar-refractivity contribution in [2.24, 2.45) is 16.6 Å². The van der Waals surface area contributed by atoms with Crippen LogP contribution in [0.5, 0.6) is 0 Å². The predicted octanol–water partition coefficient (Wildman–Crippen LogP) is 1.78. The summed E-state index contributed by atoms with van der Waals surface area (Å²) < 4.78 is 38.2. The molecular weight excluding hydrogens is 337 g/mol. The molecule has 1 spiro atoms. The Bertz CT molecular complexity index is 780. The van der Waals surface area contributed by atoms with Crippen LogP contribution >= 0.6 is 0 Å². The third-order valence-corrected chi connectivity index (χ3v) is 4.63. The highest BCUT2D eigenvalue weighted by atomic mass is 19.4. The number of hydrogen-bond donors (Lipinski definition) is 1. The van der Waals surface area contributed by atoms with Crippen LogP contribution < -0.4 is 5.73 Å². The van der Waals surface area contributed by atoms with Gasteiger partial charge in [-0.2, -0.15) is 18.3 Å². The van der Waals surface area contributed by atoms with Crippen molar-refractivity contribution in [1.82, 2.24) is 15.1 Å². The molecule has 6 nitrogen and oxygen atoms in total. The molecule has 9 heteroatoms. The maximum absolute atomic E-state index is 12.7. The van der Waals surface area contributed by atoms with Crippen molar-refractivity contribution in [3.8, 4) is 0 Å². The van der Waals surface area contributed by atoms with E-state index in [0.717, 1.165) is 0 Å². The molecule has 2 heterocycles. The molecule has 134 valence electrons. The number of nitrogens with two attached hydrogens (primary N) is 1. The highest BCUT2D eigenvalue weighted by Gasteiger charge is 2.52. The lowest BCUT2D eigenvalue weighted by Gasteiger charge is -2.53. The minimum absolute atomic E-state index is 0.133. The van der Waals surface area contributed by atoms with Crippen LogP contribution in [0.1, 0.15) is 36.3 Å². The number of hydrogen-bond acceptors (Lipinski definition) is 5. The van der Waals surface area contributed by atoms with E-state index in [1.54, 1.807) is 19.9 Å². The second-order valence-corrected chi connectivity index (χ2v) is 7.34. The Morgan fingerprint density at radius 2 is 1.96 bits per heavy atom. The zero-order valence-corrected chi connectivity index (χ0v) is 13.7. The first kappa shape index (κ1) is 17.4. The van der Waals surface area contributed by atoms with Crippen molar-refractivity contribution < 1.29 is 22.8 Å². The number of aromatic nitrogens is 2. The van der Waals surface area contributed by atoms with Gasteiger partial charge in [0.25, 0.3) is 5.91 Å². The fourth-order valence-corrected chi connectivity index (χ4v) is 3.65. The number of amides is 1. The number of likely N-dealkylation sites (tertiary alicyclic amines) is 1. The van der Waals surface area contributed by atoms with Gasteiger partial charge in [-0.05, 0) is 18.6 Å². The largest absolute Gasteiger partial charge is 0.418 e. The number of Topliss-reactive ketones (excluding diaryl/α,β-unsaturated/α-hetero) is 1. The molecule has 0 radical (unpaired) electrons. The number of ketones is 1. The van der Waals surface area contributed by atoms with Gasteiger partial charge < -0.3 is 10.6 Å². The Hall–Kier alpha value is -2.45. The number of carbonyl (C=O) groups is 2. The van der Waals surface area contributed by atoms with E-state index in [0.29, 0.717) is 18.7 Å². The Morgan fingerprint density at radius 1 is 1.32 bits per heavy atom. The van der Waals surface area contributed by atoms with Gasteiger partial charge in [-0.15, -0.1) is 5.10 Å². The number of nitrogens with zero attached hydrogens (tertiary/aromatic N) is 3. The van der Waals surface area contributed by atoms with Crippen LogP contribution in [0.4, 0.5) is 13.2 Å². The van der Waals surface area contributed by atoms with Crippen LogP contribution in [0.2, 0.25) is 0 Å². The summed E-state index contributed by atoms with van der Waals surface area (Å²) in [5.41, 5.74) is 3.54. The predicted molar refractivity (Wildman–Crippen MR) is 81.0 cm³/mol. The van der Waals surface area contributed by atoms with Crippen LogP contribution in [0.3, 0.4) is 0 Å². The van der Waals surface area contributed by atoms with E-state index in [1.807, 2.05) is 0 Å². The minimum Gasteiger partial charge on any atom is -0.396 e. The van der Waals surface area contributed by atoms with Crippen LogP contribution in [0.15, 0.2) is 24.0 Å². The van der Waals surface area contributed by atoms with Gasteiger partial charge in [-0.1, -0.05) is 13.8 Å². The van der Waals surface area contributed by atoms with E-state index in [-0.39, 0.29) is 30.3 Å². The maximum atomic E-state index is 12.7. The van der Waals surface area contributed by atoms with E-state index in [1.165, 1.54) is 4.90 Å². The van der Waals surface area contributed by atoms with Gasteiger partial charge in [0.2, 0.25) is 0 Å². The van der Waals surface area contributed by atoms with Crippen molar-refractivity contribution >= 4 is 11.7 Å². The quantitative estimate of drug-likeness (QED) is 0.830. The van der Waals surface area contributed by atoms with Gasteiger partial charge >= 0.3 is 6.18 Å². The summed E-state index contributed by atoms with van der Waals surface area (Å²) in [5, 5.41) is 6.78. The van der Waals surface area contributed by atoms with Gasteiger partial charge in [0.15, 0.2) is 11.5 Å². The van der Waals surface area contributed by atoms with Crippen LogP contribution in [-0.2, 0) is 11.0 Å². The molecular formula is C16H17F3N4O2. The molecule has 0 saturated carbocycles. The van der Waals surface area contributed by atoms with Crippen molar-refractivity contribution in [2.45, 2.75) is 26.4 Å². The molecule has 0 bridgehead atoms. The van der Waals surface area contributed by atoms with Crippen molar-refractivity contribution in [3.63, 3.8) is 0 Å². The third-order valence-electron chi connectivity index (χ3n) is 4.63. The van der Waals surface area contributed by atoms with Crippen LogP contribution in [0, 0.1) is 10.8 Å². The summed E-state index contributed by atoms with van der Waals surface area (Å²) in [6.07, 6.45) is -1.82. The fraction of sp³-hybridized carbons (Fsp3) is 0.500. The monoisotopic (exact) mass is 354 g/mol. The lowest BCUT2D eigenvalue weighted by atomic mass is 9.62. The Labute approximate surface area is 141 Å². The van der Waals surface area contributed by atoms with Gasteiger partial charge in [0, 0.05) is 23.9 Å². The third kappa shape index (κ3) is 2.98. The zero-order chi connectivity index (χ0) is 18.6. The summed E-state index contributed by atoms with van der Waals surface area (Å²) in [4.78, 5) is 25.8. The molecule has 0 atom stereocenters. The van der Waals surface area contributed by atoms with Crippen molar-refractivity contribution in [1.29, 1.82) is 0 Å². The van der Waals surface area contributed by atoms with Crippen molar-refractivity contribution in [3.05, 3.63) is 35.3 Å². The molecule has 2 N–H and O–H groups in total. The molecule has 0 aromatic carbocycles. The first-order chi connectivity index (χ1) is 11.4. The van der Waals surface area contributed by atoms with Crippen LogP contribution in [0.25, 0.3) is 0 Å². The zero-order valence-electron chi connectivity index (χ0n) is 13.7. The maximum Gasteiger partial charge on any atom is 0.418 e. The minimum atomic E-state index is -4.59. The molecule has 1 saturated heterocycles. The highest BCUT2D eigenvalue weighted by Crippen LogP contribution is 2.47. The second-order valence-electron chi connectivity index (χ2n) is 7.34. The summed E-state index contributed by atoms with van der Waals surface area (Å²) >= 11 is 0.